The number of carbonyl (C=O) groups is 1. The van der Waals surface area contributed by atoms with Crippen LogP contribution in [0.15, 0.2) is 24.3 Å². The first kappa shape index (κ1) is 17.0. The fraction of sp³-hybridized carbons (Fsp3) is 0.550. The van der Waals surface area contributed by atoms with E-state index in [9.17, 15) is 4.79 Å². The van der Waals surface area contributed by atoms with Gasteiger partial charge in [-0.3, -0.25) is 4.79 Å². The molecule has 4 heteroatoms. The van der Waals surface area contributed by atoms with Crippen molar-refractivity contribution in [3.8, 4) is 0 Å². The molecule has 0 spiro atoms. The average Bonchev–Trinajstić information content (AvgIpc) is 2.89. The molecule has 2 heterocycles. The molecule has 1 aromatic heterocycles. The van der Waals surface area contributed by atoms with Gasteiger partial charge in [-0.25, -0.2) is 0 Å². The Hall–Kier alpha value is -1.81. The van der Waals surface area contributed by atoms with Gasteiger partial charge < -0.3 is 15.6 Å². The summed E-state index contributed by atoms with van der Waals surface area (Å²) in [5.74, 6) is 0.147. The molecule has 2 atom stereocenters. The predicted molar refractivity (Wildman–Crippen MR) is 98.8 cm³/mol. The molecule has 2 aromatic rings. The summed E-state index contributed by atoms with van der Waals surface area (Å²) in [5, 5.41) is 1.29. The van der Waals surface area contributed by atoms with Crippen molar-refractivity contribution in [3.63, 3.8) is 0 Å². The third kappa shape index (κ3) is 3.07. The van der Waals surface area contributed by atoms with Crippen LogP contribution in [0.25, 0.3) is 10.9 Å². The lowest BCUT2D eigenvalue weighted by atomic mass is 9.83. The first-order valence-corrected chi connectivity index (χ1v) is 8.91. The number of benzene rings is 1. The van der Waals surface area contributed by atoms with Gasteiger partial charge in [0.25, 0.3) is 0 Å². The SMILES string of the molecule is CC(=O)N1CCc2c([nH]c3ccccc23)C1CCC(N)C(C)(C)C. The zero-order valence-corrected chi connectivity index (χ0v) is 15.2. The zero-order valence-electron chi connectivity index (χ0n) is 15.2. The molecule has 1 aliphatic rings. The van der Waals surface area contributed by atoms with Crippen LogP contribution >= 0.6 is 0 Å². The summed E-state index contributed by atoms with van der Waals surface area (Å²) >= 11 is 0. The summed E-state index contributed by atoms with van der Waals surface area (Å²) in [6, 6.07) is 8.65. The number of nitrogens with zero attached hydrogens (tertiary/aromatic N) is 1. The van der Waals surface area contributed by atoms with Crippen LogP contribution in [0.5, 0.6) is 0 Å². The third-order valence-electron chi connectivity index (χ3n) is 5.43. The molecule has 4 nitrogen and oxygen atoms in total. The van der Waals surface area contributed by atoms with Gasteiger partial charge in [0.2, 0.25) is 5.91 Å². The number of nitrogens with two attached hydrogens (primary N) is 1. The lowest BCUT2D eigenvalue weighted by Crippen LogP contribution is -2.41. The number of aromatic nitrogens is 1. The van der Waals surface area contributed by atoms with Gasteiger partial charge in [0.15, 0.2) is 0 Å². The first-order chi connectivity index (χ1) is 11.3. The molecule has 3 N–H and O–H groups in total. The maximum Gasteiger partial charge on any atom is 0.220 e. The quantitative estimate of drug-likeness (QED) is 0.901. The van der Waals surface area contributed by atoms with Crippen LogP contribution in [0.2, 0.25) is 0 Å². The largest absolute Gasteiger partial charge is 0.356 e. The minimum Gasteiger partial charge on any atom is -0.356 e. The molecule has 0 bridgehead atoms. The summed E-state index contributed by atoms with van der Waals surface area (Å²) in [6.45, 7) is 8.99. The van der Waals surface area contributed by atoms with Gasteiger partial charge in [0.1, 0.15) is 0 Å². The highest BCUT2D eigenvalue weighted by atomic mass is 16.2. The monoisotopic (exact) mass is 327 g/mol. The van der Waals surface area contributed by atoms with Gasteiger partial charge >= 0.3 is 0 Å². The standard InChI is InChI=1S/C20H29N3O/c1-13(24)23-12-11-15-14-7-5-6-8-16(14)22-19(15)17(23)9-10-18(21)20(2,3)4/h5-8,17-18,22H,9-12,21H2,1-4H3. The van der Waals surface area contributed by atoms with Crippen molar-refractivity contribution >= 4 is 16.8 Å². The van der Waals surface area contributed by atoms with E-state index in [0.717, 1.165) is 31.3 Å². The molecule has 0 aliphatic carbocycles. The number of amides is 1. The van der Waals surface area contributed by atoms with E-state index in [1.807, 2.05) is 4.90 Å². The number of rotatable bonds is 3. The van der Waals surface area contributed by atoms with Gasteiger partial charge in [0.05, 0.1) is 6.04 Å². The van der Waals surface area contributed by atoms with Crippen LogP contribution in [-0.4, -0.2) is 28.4 Å². The zero-order chi connectivity index (χ0) is 17.5. The molecule has 1 aromatic carbocycles. The molecule has 2 unspecified atom stereocenters. The fourth-order valence-electron chi connectivity index (χ4n) is 3.77. The second-order valence-electron chi connectivity index (χ2n) is 8.09. The Labute approximate surface area is 144 Å². The minimum absolute atomic E-state index is 0.0823. The Morgan fingerprint density at radius 3 is 2.75 bits per heavy atom. The molecule has 0 fully saturated rings. The second kappa shape index (κ2) is 6.25. The van der Waals surface area contributed by atoms with Crippen molar-refractivity contribution in [1.82, 2.24) is 9.88 Å². The number of carbonyl (C=O) groups excluding carboxylic acids is 1. The molecular weight excluding hydrogens is 298 g/mol. The van der Waals surface area contributed by atoms with Crippen LogP contribution in [-0.2, 0) is 11.2 Å². The number of para-hydroxylation sites is 1. The Balaban J connectivity index is 1.93. The third-order valence-corrected chi connectivity index (χ3v) is 5.43. The summed E-state index contributed by atoms with van der Waals surface area (Å²) in [7, 11) is 0. The van der Waals surface area contributed by atoms with E-state index >= 15 is 0 Å². The van der Waals surface area contributed by atoms with E-state index in [2.05, 4.69) is 50.0 Å². The van der Waals surface area contributed by atoms with Crippen molar-refractivity contribution in [1.29, 1.82) is 0 Å². The first-order valence-electron chi connectivity index (χ1n) is 8.91. The van der Waals surface area contributed by atoms with Gasteiger partial charge in [0, 0.05) is 36.1 Å². The molecule has 24 heavy (non-hydrogen) atoms. The van der Waals surface area contributed by atoms with Crippen LogP contribution in [0.1, 0.15) is 57.8 Å². The average molecular weight is 327 g/mol. The molecule has 0 saturated heterocycles. The Bertz CT molecular complexity index is 741. The van der Waals surface area contributed by atoms with Crippen LogP contribution in [0.4, 0.5) is 0 Å². The van der Waals surface area contributed by atoms with E-state index < -0.39 is 0 Å². The number of hydrogen-bond donors (Lipinski definition) is 2. The summed E-state index contributed by atoms with van der Waals surface area (Å²) < 4.78 is 0. The summed E-state index contributed by atoms with van der Waals surface area (Å²) in [4.78, 5) is 17.7. The number of nitrogens with one attached hydrogen (secondary N) is 1. The highest BCUT2D eigenvalue weighted by Gasteiger charge is 2.32. The molecule has 0 saturated carbocycles. The normalized spacial score (nSPS) is 19.4. The van der Waals surface area contributed by atoms with Crippen LogP contribution < -0.4 is 5.73 Å². The van der Waals surface area contributed by atoms with E-state index in [1.165, 1.54) is 16.6 Å². The van der Waals surface area contributed by atoms with Gasteiger partial charge in [-0.15, -0.1) is 0 Å². The molecular formula is C20H29N3O. The highest BCUT2D eigenvalue weighted by Crippen LogP contribution is 2.37. The molecule has 1 aliphatic heterocycles. The predicted octanol–water partition coefficient (Wildman–Crippen LogP) is 3.77. The summed E-state index contributed by atoms with van der Waals surface area (Å²) in [5.41, 5.74) is 10.2. The van der Waals surface area contributed by atoms with Crippen molar-refractivity contribution in [2.45, 2.75) is 59.0 Å². The Morgan fingerprint density at radius 2 is 2.08 bits per heavy atom. The van der Waals surface area contributed by atoms with E-state index in [1.54, 1.807) is 6.92 Å². The highest BCUT2D eigenvalue weighted by molar-refractivity contribution is 5.86. The number of fused-ring (bicyclic) bond motifs is 3. The Morgan fingerprint density at radius 1 is 1.38 bits per heavy atom. The van der Waals surface area contributed by atoms with Crippen LogP contribution in [0, 0.1) is 5.41 Å². The van der Waals surface area contributed by atoms with Gasteiger partial charge in [-0.2, -0.15) is 0 Å². The second-order valence-corrected chi connectivity index (χ2v) is 8.09. The van der Waals surface area contributed by atoms with Crippen LogP contribution in [0.3, 0.4) is 0 Å². The lowest BCUT2D eigenvalue weighted by molar-refractivity contribution is -0.132. The maximum absolute atomic E-state index is 12.2. The van der Waals surface area contributed by atoms with Gasteiger partial charge in [-0.1, -0.05) is 39.0 Å². The number of hydrogen-bond acceptors (Lipinski definition) is 2. The maximum atomic E-state index is 12.2. The lowest BCUT2D eigenvalue weighted by Gasteiger charge is -2.37. The molecule has 1 amide bonds. The van der Waals surface area contributed by atoms with Crippen molar-refractivity contribution in [2.75, 3.05) is 6.54 Å². The molecule has 3 rings (SSSR count). The number of H-pyrrole nitrogens is 1. The summed E-state index contributed by atoms with van der Waals surface area (Å²) in [6.07, 6.45) is 2.73. The smallest absolute Gasteiger partial charge is 0.220 e. The minimum atomic E-state index is 0.0823. The van der Waals surface area contributed by atoms with Crippen molar-refractivity contribution in [3.05, 3.63) is 35.5 Å². The number of aromatic amines is 1. The van der Waals surface area contributed by atoms with E-state index in [0.29, 0.717) is 0 Å². The van der Waals surface area contributed by atoms with Crippen molar-refractivity contribution in [2.24, 2.45) is 11.1 Å². The van der Waals surface area contributed by atoms with E-state index in [-0.39, 0.29) is 23.4 Å². The fourth-order valence-corrected chi connectivity index (χ4v) is 3.77. The van der Waals surface area contributed by atoms with Gasteiger partial charge in [-0.05, 0) is 36.3 Å². The van der Waals surface area contributed by atoms with E-state index in [4.69, 9.17) is 5.73 Å². The van der Waals surface area contributed by atoms with Crippen molar-refractivity contribution < 1.29 is 4.79 Å². The molecule has 130 valence electrons. The topological polar surface area (TPSA) is 62.1 Å². The molecule has 0 radical (unpaired) electrons. The Kier molecular flexibility index (Phi) is 4.43.